The first-order valence-corrected chi connectivity index (χ1v) is 7.30. The Morgan fingerprint density at radius 2 is 2.18 bits per heavy atom. The summed E-state index contributed by atoms with van der Waals surface area (Å²) in [6, 6.07) is 3.47. The van der Waals surface area contributed by atoms with Gasteiger partial charge in [-0.2, -0.15) is 0 Å². The number of aryl methyl sites for hydroxylation is 1. The molecular formula is C16H19N3O3. The number of aromatic amines is 1. The lowest BCUT2D eigenvalue weighted by Crippen LogP contribution is -2.51. The van der Waals surface area contributed by atoms with E-state index in [1.165, 1.54) is 6.20 Å². The molecule has 1 fully saturated rings. The molecule has 0 saturated carbocycles. The SMILES string of the molecule is Cc1ccc2c(=O)c(C(=O)N3CCOC(C)(C)C3)c[nH]c2n1. The number of amides is 1. The summed E-state index contributed by atoms with van der Waals surface area (Å²) in [4.78, 5) is 34.1. The average molecular weight is 301 g/mol. The van der Waals surface area contributed by atoms with E-state index in [4.69, 9.17) is 4.74 Å². The average Bonchev–Trinajstić information content (AvgIpc) is 2.45. The van der Waals surface area contributed by atoms with Crippen molar-refractivity contribution in [2.75, 3.05) is 19.7 Å². The minimum Gasteiger partial charge on any atom is -0.372 e. The fourth-order valence-corrected chi connectivity index (χ4v) is 2.72. The van der Waals surface area contributed by atoms with Gasteiger partial charge in [0.1, 0.15) is 11.2 Å². The molecule has 0 aromatic carbocycles. The van der Waals surface area contributed by atoms with Gasteiger partial charge in [-0.15, -0.1) is 0 Å². The first kappa shape index (κ1) is 14.7. The van der Waals surface area contributed by atoms with E-state index in [1.54, 1.807) is 17.0 Å². The van der Waals surface area contributed by atoms with Crippen LogP contribution < -0.4 is 5.43 Å². The predicted molar refractivity (Wildman–Crippen MR) is 83.0 cm³/mol. The highest BCUT2D eigenvalue weighted by molar-refractivity contribution is 5.96. The summed E-state index contributed by atoms with van der Waals surface area (Å²) in [6.45, 7) is 7.16. The molecule has 6 nitrogen and oxygen atoms in total. The van der Waals surface area contributed by atoms with E-state index in [9.17, 15) is 9.59 Å². The number of nitrogens with one attached hydrogen (secondary N) is 1. The van der Waals surface area contributed by atoms with E-state index < -0.39 is 5.60 Å². The zero-order chi connectivity index (χ0) is 15.9. The number of ether oxygens (including phenoxy) is 1. The van der Waals surface area contributed by atoms with Crippen LogP contribution in [0.5, 0.6) is 0 Å². The Hall–Kier alpha value is -2.21. The third-order valence-corrected chi connectivity index (χ3v) is 3.82. The number of pyridine rings is 2. The van der Waals surface area contributed by atoms with Crippen LogP contribution in [0.15, 0.2) is 23.1 Å². The van der Waals surface area contributed by atoms with Crippen LogP contribution in [0.2, 0.25) is 0 Å². The van der Waals surface area contributed by atoms with Gasteiger partial charge in [0.2, 0.25) is 5.43 Å². The Morgan fingerprint density at radius 3 is 2.91 bits per heavy atom. The maximum Gasteiger partial charge on any atom is 0.259 e. The van der Waals surface area contributed by atoms with E-state index in [2.05, 4.69) is 9.97 Å². The number of rotatable bonds is 1. The lowest BCUT2D eigenvalue weighted by Gasteiger charge is -2.38. The van der Waals surface area contributed by atoms with Crippen LogP contribution in [0.3, 0.4) is 0 Å². The van der Waals surface area contributed by atoms with Crippen LogP contribution in [0.4, 0.5) is 0 Å². The molecule has 1 aliphatic heterocycles. The van der Waals surface area contributed by atoms with Crippen molar-refractivity contribution in [1.82, 2.24) is 14.9 Å². The molecule has 0 radical (unpaired) electrons. The monoisotopic (exact) mass is 301 g/mol. The first-order chi connectivity index (χ1) is 10.4. The molecule has 116 valence electrons. The lowest BCUT2D eigenvalue weighted by molar-refractivity contribution is -0.0764. The number of morpholine rings is 1. The number of hydrogen-bond acceptors (Lipinski definition) is 4. The number of fused-ring (bicyclic) bond motifs is 1. The summed E-state index contributed by atoms with van der Waals surface area (Å²) in [7, 11) is 0. The molecule has 0 aliphatic carbocycles. The van der Waals surface area contributed by atoms with E-state index in [0.717, 1.165) is 5.69 Å². The number of aromatic nitrogens is 2. The molecule has 0 atom stereocenters. The van der Waals surface area contributed by atoms with Crippen molar-refractivity contribution in [3.8, 4) is 0 Å². The van der Waals surface area contributed by atoms with Crippen LogP contribution in [0.1, 0.15) is 29.9 Å². The van der Waals surface area contributed by atoms with E-state index in [-0.39, 0.29) is 16.9 Å². The van der Waals surface area contributed by atoms with Crippen molar-refractivity contribution in [2.45, 2.75) is 26.4 Å². The second-order valence-corrected chi connectivity index (χ2v) is 6.22. The Bertz CT molecular complexity index is 795. The smallest absolute Gasteiger partial charge is 0.259 e. The van der Waals surface area contributed by atoms with E-state index in [1.807, 2.05) is 20.8 Å². The molecule has 1 amide bonds. The van der Waals surface area contributed by atoms with E-state index in [0.29, 0.717) is 30.7 Å². The molecule has 0 unspecified atom stereocenters. The second-order valence-electron chi connectivity index (χ2n) is 6.22. The summed E-state index contributed by atoms with van der Waals surface area (Å²) >= 11 is 0. The Kier molecular flexibility index (Phi) is 3.48. The van der Waals surface area contributed by atoms with Gasteiger partial charge in [-0.3, -0.25) is 9.59 Å². The van der Waals surface area contributed by atoms with Crippen LogP contribution in [0.25, 0.3) is 11.0 Å². The van der Waals surface area contributed by atoms with Gasteiger partial charge in [-0.05, 0) is 32.9 Å². The lowest BCUT2D eigenvalue weighted by atomic mass is 10.1. The van der Waals surface area contributed by atoms with Gasteiger partial charge in [-0.1, -0.05) is 0 Å². The van der Waals surface area contributed by atoms with Crippen molar-refractivity contribution in [1.29, 1.82) is 0 Å². The molecule has 0 spiro atoms. The van der Waals surface area contributed by atoms with Crippen LogP contribution in [-0.2, 0) is 4.74 Å². The number of H-pyrrole nitrogens is 1. The van der Waals surface area contributed by atoms with Crippen LogP contribution in [0, 0.1) is 6.92 Å². The normalized spacial score (nSPS) is 17.7. The first-order valence-electron chi connectivity index (χ1n) is 7.30. The Balaban J connectivity index is 1.99. The van der Waals surface area contributed by atoms with Gasteiger partial charge < -0.3 is 14.6 Å². The summed E-state index contributed by atoms with van der Waals surface area (Å²) in [5.41, 5.74) is 0.795. The topological polar surface area (TPSA) is 75.3 Å². The standard InChI is InChI=1S/C16H19N3O3/c1-10-4-5-11-13(20)12(8-17-14(11)18-10)15(21)19-6-7-22-16(2,3)9-19/h4-5,8H,6-7,9H2,1-3H3,(H,17,18,20). The third-order valence-electron chi connectivity index (χ3n) is 3.82. The molecule has 3 rings (SSSR count). The molecule has 1 aliphatic rings. The predicted octanol–water partition coefficient (Wildman–Crippen LogP) is 1.48. The molecular weight excluding hydrogens is 282 g/mol. The number of nitrogens with zero attached hydrogens (tertiary/aromatic N) is 2. The van der Waals surface area contributed by atoms with E-state index >= 15 is 0 Å². The highest BCUT2D eigenvalue weighted by atomic mass is 16.5. The summed E-state index contributed by atoms with van der Waals surface area (Å²) in [6.07, 6.45) is 1.46. The quantitative estimate of drug-likeness (QED) is 0.865. The number of hydrogen-bond donors (Lipinski definition) is 1. The van der Waals surface area contributed by atoms with Gasteiger partial charge in [0.05, 0.1) is 17.6 Å². The Morgan fingerprint density at radius 1 is 1.41 bits per heavy atom. The zero-order valence-corrected chi connectivity index (χ0v) is 13.0. The largest absolute Gasteiger partial charge is 0.372 e. The fraction of sp³-hybridized carbons (Fsp3) is 0.438. The van der Waals surface area contributed by atoms with Gasteiger partial charge >= 0.3 is 0 Å². The molecule has 22 heavy (non-hydrogen) atoms. The minimum atomic E-state index is -0.393. The highest BCUT2D eigenvalue weighted by Gasteiger charge is 2.31. The van der Waals surface area contributed by atoms with Gasteiger partial charge in [0, 0.05) is 25.0 Å². The van der Waals surface area contributed by atoms with Gasteiger partial charge in [0.25, 0.3) is 5.91 Å². The summed E-state index contributed by atoms with van der Waals surface area (Å²) < 4.78 is 5.61. The summed E-state index contributed by atoms with van der Waals surface area (Å²) in [5.74, 6) is -0.264. The molecule has 3 heterocycles. The van der Waals surface area contributed by atoms with Crippen LogP contribution >= 0.6 is 0 Å². The third kappa shape index (κ3) is 2.62. The molecule has 6 heteroatoms. The van der Waals surface area contributed by atoms with Gasteiger partial charge in [0.15, 0.2) is 0 Å². The number of carbonyl (C=O) groups excluding carboxylic acids is 1. The molecule has 2 aromatic heterocycles. The minimum absolute atomic E-state index is 0.149. The van der Waals surface area contributed by atoms with Crippen molar-refractivity contribution in [3.05, 3.63) is 39.8 Å². The van der Waals surface area contributed by atoms with Crippen molar-refractivity contribution < 1.29 is 9.53 Å². The molecule has 1 saturated heterocycles. The van der Waals surface area contributed by atoms with Crippen molar-refractivity contribution in [2.24, 2.45) is 0 Å². The maximum atomic E-state index is 12.6. The molecule has 1 N–H and O–H groups in total. The molecule has 0 bridgehead atoms. The second kappa shape index (κ2) is 5.21. The van der Waals surface area contributed by atoms with Gasteiger partial charge in [-0.25, -0.2) is 4.98 Å². The van der Waals surface area contributed by atoms with Crippen molar-refractivity contribution >= 4 is 16.9 Å². The number of carbonyl (C=O) groups is 1. The fourth-order valence-electron chi connectivity index (χ4n) is 2.72. The zero-order valence-electron chi connectivity index (χ0n) is 13.0. The van der Waals surface area contributed by atoms with Crippen LogP contribution in [-0.4, -0.2) is 46.1 Å². The maximum absolute atomic E-state index is 12.6. The Labute approximate surface area is 128 Å². The molecule has 2 aromatic rings. The van der Waals surface area contributed by atoms with Crippen molar-refractivity contribution in [3.63, 3.8) is 0 Å². The highest BCUT2D eigenvalue weighted by Crippen LogP contribution is 2.18. The summed E-state index contributed by atoms with van der Waals surface area (Å²) in [5, 5.41) is 0.434.